The van der Waals surface area contributed by atoms with Crippen LogP contribution in [0.4, 0.5) is 0 Å². The number of carbonyl (C=O) groups is 2. The van der Waals surface area contributed by atoms with E-state index in [1.165, 1.54) is 12.8 Å². The van der Waals surface area contributed by atoms with Crippen molar-refractivity contribution in [2.45, 2.75) is 70.0 Å². The molecule has 2 rings (SSSR count). The number of rotatable bonds is 4. The third-order valence-corrected chi connectivity index (χ3v) is 4.00. The second-order valence-electron chi connectivity index (χ2n) is 5.96. The van der Waals surface area contributed by atoms with Gasteiger partial charge >= 0.3 is 11.9 Å². The maximum absolute atomic E-state index is 10.6. The van der Waals surface area contributed by atoms with Crippen molar-refractivity contribution in [2.75, 3.05) is 6.54 Å². The fourth-order valence-electron chi connectivity index (χ4n) is 2.78. The lowest BCUT2D eigenvalue weighted by molar-refractivity contribution is -0.140. The van der Waals surface area contributed by atoms with Crippen LogP contribution < -0.4 is 10.6 Å². The van der Waals surface area contributed by atoms with Gasteiger partial charge in [0, 0.05) is 5.54 Å². The summed E-state index contributed by atoms with van der Waals surface area (Å²) in [6, 6.07) is -0.692. The minimum atomic E-state index is -0.761. The molecule has 20 heavy (non-hydrogen) atoms. The molecule has 1 aliphatic heterocycles. The van der Waals surface area contributed by atoms with E-state index in [-0.39, 0.29) is 11.6 Å². The van der Waals surface area contributed by atoms with Crippen LogP contribution >= 0.6 is 0 Å². The average Bonchev–Trinajstić information content (AvgIpc) is 3.00. The largest absolute Gasteiger partial charge is 0.480 e. The quantitative estimate of drug-likeness (QED) is 0.620. The average molecular weight is 286 g/mol. The van der Waals surface area contributed by atoms with E-state index >= 15 is 0 Å². The SMILES string of the molecule is CC(NC1(C)CCCC1)C(=O)O.O=C(O)C1CCCN1. The molecule has 0 aromatic heterocycles. The Morgan fingerprint density at radius 1 is 1.25 bits per heavy atom. The maximum atomic E-state index is 10.6. The van der Waals surface area contributed by atoms with Gasteiger partial charge in [0.2, 0.25) is 0 Å². The Balaban J connectivity index is 0.000000217. The van der Waals surface area contributed by atoms with E-state index < -0.39 is 18.0 Å². The number of carboxylic acid groups (broad SMARTS) is 2. The van der Waals surface area contributed by atoms with Crippen molar-refractivity contribution in [2.24, 2.45) is 0 Å². The highest BCUT2D eigenvalue weighted by atomic mass is 16.4. The third kappa shape index (κ3) is 5.46. The van der Waals surface area contributed by atoms with E-state index in [2.05, 4.69) is 17.6 Å². The molecule has 6 heteroatoms. The van der Waals surface area contributed by atoms with Gasteiger partial charge in [-0.1, -0.05) is 12.8 Å². The van der Waals surface area contributed by atoms with Gasteiger partial charge in [-0.3, -0.25) is 14.9 Å². The van der Waals surface area contributed by atoms with Crippen molar-refractivity contribution >= 4 is 11.9 Å². The van der Waals surface area contributed by atoms with Gasteiger partial charge in [0.05, 0.1) is 0 Å². The molecule has 116 valence electrons. The van der Waals surface area contributed by atoms with Crippen LogP contribution in [0.3, 0.4) is 0 Å². The summed E-state index contributed by atoms with van der Waals surface area (Å²) >= 11 is 0. The van der Waals surface area contributed by atoms with Crippen LogP contribution in [0.5, 0.6) is 0 Å². The minimum absolute atomic E-state index is 0.0673. The van der Waals surface area contributed by atoms with Crippen LogP contribution in [0.15, 0.2) is 0 Å². The summed E-state index contributed by atoms with van der Waals surface area (Å²) in [5.74, 6) is -1.48. The van der Waals surface area contributed by atoms with Crippen LogP contribution in [-0.4, -0.2) is 46.3 Å². The summed E-state index contributed by atoms with van der Waals surface area (Å²) in [5.41, 5.74) is 0.0673. The summed E-state index contributed by atoms with van der Waals surface area (Å²) in [6.07, 6.45) is 6.42. The first kappa shape index (κ1) is 16.9. The second-order valence-corrected chi connectivity index (χ2v) is 5.96. The molecule has 1 aliphatic carbocycles. The predicted octanol–water partition coefficient (Wildman–Crippen LogP) is 1.20. The third-order valence-electron chi connectivity index (χ3n) is 4.00. The number of hydrogen-bond donors (Lipinski definition) is 4. The van der Waals surface area contributed by atoms with Crippen LogP contribution in [-0.2, 0) is 9.59 Å². The molecule has 0 radical (unpaired) electrons. The molecule has 0 bridgehead atoms. The highest BCUT2D eigenvalue weighted by Gasteiger charge is 2.31. The van der Waals surface area contributed by atoms with Crippen LogP contribution in [0.1, 0.15) is 52.4 Å². The normalized spacial score (nSPS) is 25.6. The number of carboxylic acids is 2. The minimum Gasteiger partial charge on any atom is -0.480 e. The van der Waals surface area contributed by atoms with Crippen molar-refractivity contribution in [1.82, 2.24) is 10.6 Å². The Kier molecular flexibility index (Phi) is 6.42. The van der Waals surface area contributed by atoms with E-state index in [1.54, 1.807) is 6.92 Å². The van der Waals surface area contributed by atoms with Gasteiger partial charge in [-0.25, -0.2) is 0 Å². The first-order chi connectivity index (χ1) is 9.34. The Morgan fingerprint density at radius 3 is 2.20 bits per heavy atom. The van der Waals surface area contributed by atoms with Gasteiger partial charge in [0.1, 0.15) is 12.1 Å². The summed E-state index contributed by atoms with van der Waals surface area (Å²) in [4.78, 5) is 20.7. The molecule has 2 fully saturated rings. The first-order valence-corrected chi connectivity index (χ1v) is 7.31. The van der Waals surface area contributed by atoms with Crippen molar-refractivity contribution in [3.63, 3.8) is 0 Å². The molecule has 0 aromatic rings. The topological polar surface area (TPSA) is 98.7 Å². The summed E-state index contributed by atoms with van der Waals surface area (Å²) in [6.45, 7) is 4.67. The summed E-state index contributed by atoms with van der Waals surface area (Å²) in [5, 5.41) is 23.1. The summed E-state index contributed by atoms with van der Waals surface area (Å²) < 4.78 is 0. The predicted molar refractivity (Wildman–Crippen MR) is 75.8 cm³/mol. The Bertz CT molecular complexity index is 334. The molecule has 1 heterocycles. The van der Waals surface area contributed by atoms with E-state index in [0.717, 1.165) is 32.2 Å². The van der Waals surface area contributed by atoms with Gasteiger partial charge in [-0.2, -0.15) is 0 Å². The molecule has 2 aliphatic rings. The van der Waals surface area contributed by atoms with E-state index in [1.807, 2.05) is 0 Å². The van der Waals surface area contributed by atoms with Crippen LogP contribution in [0.2, 0.25) is 0 Å². The molecule has 0 amide bonds. The van der Waals surface area contributed by atoms with Gasteiger partial charge in [-0.15, -0.1) is 0 Å². The number of hydrogen-bond acceptors (Lipinski definition) is 4. The van der Waals surface area contributed by atoms with Crippen LogP contribution in [0.25, 0.3) is 0 Å². The number of nitrogens with one attached hydrogen (secondary N) is 2. The molecule has 2 unspecified atom stereocenters. The number of aliphatic carboxylic acids is 2. The second kappa shape index (κ2) is 7.59. The first-order valence-electron chi connectivity index (χ1n) is 7.31. The smallest absolute Gasteiger partial charge is 0.320 e. The Morgan fingerprint density at radius 2 is 1.85 bits per heavy atom. The van der Waals surface area contributed by atoms with E-state index in [4.69, 9.17) is 10.2 Å². The van der Waals surface area contributed by atoms with Crippen molar-refractivity contribution in [3.05, 3.63) is 0 Å². The molecular formula is C14H26N2O4. The highest BCUT2D eigenvalue weighted by Crippen LogP contribution is 2.29. The highest BCUT2D eigenvalue weighted by molar-refractivity contribution is 5.73. The standard InChI is InChI=1S/C9H17NO2.C5H9NO2/c1-7(8(11)12)10-9(2)5-3-4-6-9;7-5(8)4-2-1-3-6-4/h7,10H,3-6H2,1-2H3,(H,11,12);4,6H,1-3H2,(H,7,8). The molecule has 0 spiro atoms. The molecule has 0 aromatic carbocycles. The zero-order valence-electron chi connectivity index (χ0n) is 12.3. The fourth-order valence-corrected chi connectivity index (χ4v) is 2.78. The fraction of sp³-hybridized carbons (Fsp3) is 0.857. The summed E-state index contributed by atoms with van der Waals surface area (Å²) in [7, 11) is 0. The van der Waals surface area contributed by atoms with Gasteiger partial charge < -0.3 is 15.5 Å². The molecule has 6 nitrogen and oxygen atoms in total. The van der Waals surface area contributed by atoms with E-state index in [9.17, 15) is 9.59 Å². The van der Waals surface area contributed by atoms with Gasteiger partial charge in [0.25, 0.3) is 0 Å². The van der Waals surface area contributed by atoms with Crippen molar-refractivity contribution < 1.29 is 19.8 Å². The Labute approximate surface area is 119 Å². The molecule has 2 atom stereocenters. The lowest BCUT2D eigenvalue weighted by atomic mass is 9.99. The lowest BCUT2D eigenvalue weighted by Crippen LogP contribution is -2.48. The zero-order valence-corrected chi connectivity index (χ0v) is 12.3. The maximum Gasteiger partial charge on any atom is 0.320 e. The van der Waals surface area contributed by atoms with Crippen LogP contribution in [0, 0.1) is 0 Å². The van der Waals surface area contributed by atoms with Gasteiger partial charge in [0.15, 0.2) is 0 Å². The molecule has 1 saturated heterocycles. The van der Waals surface area contributed by atoms with Crippen molar-refractivity contribution in [3.8, 4) is 0 Å². The van der Waals surface area contributed by atoms with Crippen molar-refractivity contribution in [1.29, 1.82) is 0 Å². The lowest BCUT2D eigenvalue weighted by Gasteiger charge is -2.27. The zero-order chi connectivity index (χ0) is 15.2. The van der Waals surface area contributed by atoms with E-state index in [0.29, 0.717) is 0 Å². The molecular weight excluding hydrogens is 260 g/mol. The molecule has 4 N–H and O–H groups in total. The Hall–Kier alpha value is -1.14. The molecule has 1 saturated carbocycles. The van der Waals surface area contributed by atoms with Gasteiger partial charge in [-0.05, 0) is 46.1 Å². The monoisotopic (exact) mass is 286 g/mol.